The molecule has 0 saturated heterocycles. The number of nitrogens with one attached hydrogen (secondary N) is 1. The van der Waals surface area contributed by atoms with Crippen molar-refractivity contribution in [2.24, 2.45) is 0 Å². The van der Waals surface area contributed by atoms with Crippen molar-refractivity contribution >= 4 is 7.60 Å². The smallest absolute Gasteiger partial charge is 0.324 e. The molecule has 0 heterocycles. The van der Waals surface area contributed by atoms with Crippen LogP contribution < -0.4 is 5.73 Å². The fourth-order valence-electron chi connectivity index (χ4n) is 0.285. The molecular formula is C3H9NO3P. The molecule has 0 aliphatic rings. The van der Waals surface area contributed by atoms with Gasteiger partial charge < -0.3 is 9.79 Å². The maximum atomic E-state index is 10.0. The summed E-state index contributed by atoms with van der Waals surface area (Å²) in [7, 11) is -3.80. The number of hydrogen-bond donors (Lipinski definition) is 2. The molecule has 0 aliphatic carbocycles. The highest BCUT2D eigenvalue weighted by atomic mass is 31.2. The molecule has 3 N–H and O–H groups in total. The lowest BCUT2D eigenvalue weighted by Crippen LogP contribution is -1.92. The predicted octanol–water partition coefficient (Wildman–Crippen LogP) is -0.163. The molecule has 0 bridgehead atoms. The molecule has 0 aromatic carbocycles. The van der Waals surface area contributed by atoms with Crippen molar-refractivity contribution in [3.05, 3.63) is 0 Å². The van der Waals surface area contributed by atoms with Crippen molar-refractivity contribution in [3.8, 4) is 0 Å². The van der Waals surface area contributed by atoms with E-state index in [1.54, 1.807) is 0 Å². The molecule has 0 unspecified atom stereocenters. The molecule has 0 aliphatic heterocycles. The maximum Gasteiger partial charge on any atom is 0.325 e. The summed E-state index contributed by atoms with van der Waals surface area (Å²) >= 11 is 0. The van der Waals surface area contributed by atoms with Crippen molar-refractivity contribution in [1.29, 1.82) is 0 Å². The summed E-state index contributed by atoms with van der Waals surface area (Å²) in [6, 6.07) is 0. The number of rotatable bonds is 3. The Morgan fingerprint density at radius 3 is 2.12 bits per heavy atom. The van der Waals surface area contributed by atoms with Crippen LogP contribution >= 0.6 is 7.60 Å². The van der Waals surface area contributed by atoms with Gasteiger partial charge in [0.1, 0.15) is 0 Å². The molecule has 0 saturated carbocycles. The third-order valence-corrected chi connectivity index (χ3v) is 1.52. The van der Waals surface area contributed by atoms with Crippen molar-refractivity contribution in [1.82, 2.24) is 5.73 Å². The molecule has 1 radical (unpaired) electrons. The van der Waals surface area contributed by atoms with Crippen molar-refractivity contribution < 1.29 is 14.4 Å². The zero-order valence-electron chi connectivity index (χ0n) is 4.37. The molecule has 0 spiro atoms. The molecule has 4 nitrogen and oxygen atoms in total. The van der Waals surface area contributed by atoms with Gasteiger partial charge in [-0.25, -0.2) is 0 Å². The summed E-state index contributed by atoms with van der Waals surface area (Å²) in [4.78, 5) is 16.4. The molecule has 0 aromatic heterocycles. The van der Waals surface area contributed by atoms with Gasteiger partial charge in [0, 0.05) is 6.54 Å². The third kappa shape index (κ3) is 6.11. The van der Waals surface area contributed by atoms with Gasteiger partial charge in [-0.15, -0.1) is 0 Å². The summed E-state index contributed by atoms with van der Waals surface area (Å²) in [5.74, 6) is 0. The highest BCUT2D eigenvalue weighted by Crippen LogP contribution is 2.34. The fourth-order valence-corrected chi connectivity index (χ4v) is 0.855. The van der Waals surface area contributed by atoms with Crippen LogP contribution in [0.4, 0.5) is 0 Å². The van der Waals surface area contributed by atoms with Gasteiger partial charge in [0.2, 0.25) is 0 Å². The van der Waals surface area contributed by atoms with E-state index in [1.807, 2.05) is 0 Å². The van der Waals surface area contributed by atoms with E-state index in [2.05, 4.69) is 0 Å². The van der Waals surface area contributed by atoms with E-state index < -0.39 is 7.60 Å². The van der Waals surface area contributed by atoms with Gasteiger partial charge in [-0.3, -0.25) is 10.3 Å². The van der Waals surface area contributed by atoms with Gasteiger partial charge in [0.05, 0.1) is 6.16 Å². The minimum absolute atomic E-state index is 0.0884. The van der Waals surface area contributed by atoms with E-state index in [0.29, 0.717) is 0 Å². The second-order valence-electron chi connectivity index (χ2n) is 1.49. The minimum atomic E-state index is -3.80. The minimum Gasteiger partial charge on any atom is -0.324 e. The van der Waals surface area contributed by atoms with Crippen LogP contribution in [0.2, 0.25) is 0 Å². The lowest BCUT2D eigenvalue weighted by Gasteiger charge is -1.98. The van der Waals surface area contributed by atoms with Crippen molar-refractivity contribution in [2.75, 3.05) is 12.7 Å². The molecule has 8 heavy (non-hydrogen) atoms. The maximum absolute atomic E-state index is 10.0. The topological polar surface area (TPSA) is 81.3 Å². The van der Waals surface area contributed by atoms with Gasteiger partial charge >= 0.3 is 7.60 Å². The summed E-state index contributed by atoms with van der Waals surface area (Å²) in [6.45, 7) is 0.0884. The zero-order valence-corrected chi connectivity index (χ0v) is 5.27. The average molecular weight is 138 g/mol. The first-order valence-corrected chi connectivity index (χ1v) is 4.05. The molecule has 0 aromatic rings. The van der Waals surface area contributed by atoms with Crippen LogP contribution in [0, 0.1) is 0 Å². The Morgan fingerprint density at radius 2 is 2.00 bits per heavy atom. The van der Waals surface area contributed by atoms with Crippen molar-refractivity contribution in [2.45, 2.75) is 6.42 Å². The first-order valence-electron chi connectivity index (χ1n) is 2.25. The lowest BCUT2D eigenvalue weighted by atomic mass is 10.5. The van der Waals surface area contributed by atoms with Crippen LogP contribution in [0.1, 0.15) is 6.42 Å². The summed E-state index contributed by atoms with van der Waals surface area (Å²) in [5.41, 5.74) is 6.54. The van der Waals surface area contributed by atoms with Crippen LogP contribution in [-0.2, 0) is 4.57 Å². The Bertz CT molecular complexity index is 98.7. The standard InChI is InChI=1S/C3H9NO3P/c4-2-1-3-8(5,6)7/h4H,1-3H2,(H2,5,6,7). The molecule has 0 fully saturated rings. The Kier molecular flexibility index (Phi) is 3.24. The lowest BCUT2D eigenvalue weighted by molar-refractivity contribution is 0.372. The molecule has 5 heteroatoms. The Balaban J connectivity index is 3.26. The van der Waals surface area contributed by atoms with Crippen LogP contribution in [0.25, 0.3) is 0 Å². The van der Waals surface area contributed by atoms with E-state index >= 15 is 0 Å². The van der Waals surface area contributed by atoms with Crippen LogP contribution in [0.3, 0.4) is 0 Å². The van der Waals surface area contributed by atoms with E-state index in [4.69, 9.17) is 15.5 Å². The zero-order chi connectivity index (χ0) is 6.62. The second kappa shape index (κ2) is 3.20. The molecule has 0 rings (SSSR count). The Labute approximate surface area is 47.9 Å². The van der Waals surface area contributed by atoms with E-state index in [1.165, 1.54) is 0 Å². The SMILES string of the molecule is [NH]CCCP(=O)(O)O. The van der Waals surface area contributed by atoms with Gasteiger partial charge in [-0.1, -0.05) is 0 Å². The molecule has 0 amide bonds. The molecular weight excluding hydrogens is 129 g/mol. The number of hydrogen-bond acceptors (Lipinski definition) is 1. The Hall–Kier alpha value is 0.110. The quantitative estimate of drug-likeness (QED) is 0.531. The van der Waals surface area contributed by atoms with Gasteiger partial charge in [0.15, 0.2) is 0 Å². The highest BCUT2D eigenvalue weighted by molar-refractivity contribution is 7.51. The van der Waals surface area contributed by atoms with Gasteiger partial charge in [-0.2, -0.15) is 0 Å². The molecule has 49 valence electrons. The third-order valence-electron chi connectivity index (χ3n) is 0.626. The summed E-state index contributed by atoms with van der Waals surface area (Å²) in [5, 5.41) is 0. The van der Waals surface area contributed by atoms with Crippen molar-refractivity contribution in [3.63, 3.8) is 0 Å². The van der Waals surface area contributed by atoms with E-state index in [0.717, 1.165) is 0 Å². The van der Waals surface area contributed by atoms with E-state index in [-0.39, 0.29) is 19.1 Å². The first-order chi connectivity index (χ1) is 3.56. The highest BCUT2D eigenvalue weighted by Gasteiger charge is 2.09. The van der Waals surface area contributed by atoms with E-state index in [9.17, 15) is 4.57 Å². The first kappa shape index (κ1) is 8.11. The van der Waals surface area contributed by atoms with Gasteiger partial charge in [-0.05, 0) is 6.42 Å². The summed E-state index contributed by atoms with van der Waals surface area (Å²) < 4.78 is 10.0. The second-order valence-corrected chi connectivity index (χ2v) is 3.27. The van der Waals surface area contributed by atoms with Crippen LogP contribution in [0.5, 0.6) is 0 Å². The average Bonchev–Trinajstić information content (AvgIpc) is 1.59. The monoisotopic (exact) mass is 138 g/mol. The van der Waals surface area contributed by atoms with Gasteiger partial charge in [0.25, 0.3) is 0 Å². The fraction of sp³-hybridized carbons (Fsp3) is 1.00. The summed E-state index contributed by atoms with van der Waals surface area (Å²) in [6.07, 6.45) is 0.126. The molecule has 0 atom stereocenters. The van der Waals surface area contributed by atoms with Crippen LogP contribution in [0.15, 0.2) is 0 Å². The normalized spacial score (nSPS) is 11.9. The predicted molar refractivity (Wildman–Crippen MR) is 29.5 cm³/mol. The van der Waals surface area contributed by atoms with Crippen LogP contribution in [-0.4, -0.2) is 22.5 Å². The largest absolute Gasteiger partial charge is 0.325 e. The Morgan fingerprint density at radius 1 is 1.50 bits per heavy atom.